The van der Waals surface area contributed by atoms with Crippen molar-refractivity contribution in [3.8, 4) is 5.75 Å². The first kappa shape index (κ1) is 15.8. The van der Waals surface area contributed by atoms with Crippen molar-refractivity contribution in [2.45, 2.75) is 24.7 Å². The Labute approximate surface area is 117 Å². The van der Waals surface area contributed by atoms with E-state index in [2.05, 4.69) is 5.32 Å². The number of amides is 1. The van der Waals surface area contributed by atoms with Crippen molar-refractivity contribution in [3.05, 3.63) is 23.8 Å². The first-order valence-electron chi connectivity index (χ1n) is 5.81. The van der Waals surface area contributed by atoms with Crippen LogP contribution in [0.4, 0.5) is 0 Å². The monoisotopic (exact) mass is 305 g/mol. The number of carbonyl (C=O) groups excluding carboxylic acids is 1. The minimum atomic E-state index is -3.96. The van der Waals surface area contributed by atoms with Crippen LogP contribution in [0.25, 0.3) is 0 Å². The molecule has 7 heteroatoms. The van der Waals surface area contributed by atoms with Crippen molar-refractivity contribution >= 4 is 25.6 Å². The maximum absolute atomic E-state index is 11.8. The van der Waals surface area contributed by atoms with Gasteiger partial charge in [-0.15, -0.1) is 0 Å². The van der Waals surface area contributed by atoms with Crippen LogP contribution in [-0.2, 0) is 9.05 Å². The number of hydrogen-bond acceptors (Lipinski definition) is 4. The fourth-order valence-corrected chi connectivity index (χ4v) is 2.51. The van der Waals surface area contributed by atoms with Crippen LogP contribution in [0.5, 0.6) is 5.75 Å². The van der Waals surface area contributed by atoms with Gasteiger partial charge in [-0.3, -0.25) is 4.79 Å². The Morgan fingerprint density at radius 1 is 1.42 bits per heavy atom. The van der Waals surface area contributed by atoms with Crippen LogP contribution in [0.3, 0.4) is 0 Å². The zero-order chi connectivity index (χ0) is 14.5. The van der Waals surface area contributed by atoms with Gasteiger partial charge < -0.3 is 10.1 Å². The van der Waals surface area contributed by atoms with Gasteiger partial charge in [0, 0.05) is 22.8 Å². The van der Waals surface area contributed by atoms with E-state index >= 15 is 0 Å². The maximum Gasteiger partial charge on any atom is 0.265 e. The molecule has 1 N–H and O–H groups in total. The molecule has 0 unspecified atom stereocenters. The van der Waals surface area contributed by atoms with Gasteiger partial charge in [-0.25, -0.2) is 8.42 Å². The summed E-state index contributed by atoms with van der Waals surface area (Å²) in [6.45, 7) is 2.56. The number of hydrogen-bond donors (Lipinski definition) is 1. The number of halogens is 1. The molecule has 19 heavy (non-hydrogen) atoms. The Morgan fingerprint density at radius 3 is 2.63 bits per heavy atom. The third-order valence-electron chi connectivity index (χ3n) is 2.50. The van der Waals surface area contributed by atoms with Gasteiger partial charge in [-0.05, 0) is 24.6 Å². The van der Waals surface area contributed by atoms with Crippen LogP contribution in [0.15, 0.2) is 23.1 Å². The third kappa shape index (κ3) is 4.40. The average molecular weight is 306 g/mol. The molecule has 106 valence electrons. The van der Waals surface area contributed by atoms with Crippen LogP contribution in [0, 0.1) is 0 Å². The molecule has 5 nitrogen and oxygen atoms in total. The summed E-state index contributed by atoms with van der Waals surface area (Å²) < 4.78 is 27.7. The van der Waals surface area contributed by atoms with E-state index in [9.17, 15) is 13.2 Å². The molecule has 0 aromatic heterocycles. The maximum atomic E-state index is 11.8. The molecule has 1 rings (SSSR count). The molecule has 0 spiro atoms. The molecular formula is C12H16ClNO4S. The van der Waals surface area contributed by atoms with Gasteiger partial charge in [0.15, 0.2) is 0 Å². The van der Waals surface area contributed by atoms with E-state index in [1.54, 1.807) is 0 Å². The molecule has 0 aliphatic carbocycles. The second kappa shape index (κ2) is 6.77. The van der Waals surface area contributed by atoms with Crippen LogP contribution in [-0.4, -0.2) is 28.0 Å². The normalized spacial score (nSPS) is 11.1. The van der Waals surface area contributed by atoms with Crippen LogP contribution < -0.4 is 10.1 Å². The minimum Gasteiger partial charge on any atom is -0.495 e. The summed E-state index contributed by atoms with van der Waals surface area (Å²) in [5.74, 6) is -0.224. The Hall–Kier alpha value is -1.27. The lowest BCUT2D eigenvalue weighted by Gasteiger charge is -2.08. The lowest BCUT2D eigenvalue weighted by atomic mass is 10.2. The average Bonchev–Trinajstić information content (AvgIpc) is 2.37. The van der Waals surface area contributed by atoms with E-state index in [1.807, 2.05) is 6.92 Å². The molecule has 0 bridgehead atoms. The predicted molar refractivity (Wildman–Crippen MR) is 73.3 cm³/mol. The van der Waals surface area contributed by atoms with Gasteiger partial charge in [-0.2, -0.15) is 0 Å². The molecule has 1 amide bonds. The summed E-state index contributed by atoms with van der Waals surface area (Å²) in [4.78, 5) is 11.6. The number of carbonyl (C=O) groups is 1. The number of rotatable bonds is 6. The molecule has 0 heterocycles. The van der Waals surface area contributed by atoms with Gasteiger partial charge in [0.1, 0.15) is 10.6 Å². The number of methoxy groups -OCH3 is 1. The summed E-state index contributed by atoms with van der Waals surface area (Å²) in [5, 5.41) is 2.70. The van der Waals surface area contributed by atoms with Gasteiger partial charge >= 0.3 is 0 Å². The molecule has 1 aromatic carbocycles. The summed E-state index contributed by atoms with van der Waals surface area (Å²) in [6, 6.07) is 4.11. The van der Waals surface area contributed by atoms with E-state index < -0.39 is 9.05 Å². The van der Waals surface area contributed by atoms with E-state index in [0.717, 1.165) is 12.8 Å². The molecule has 1 aromatic rings. The highest BCUT2D eigenvalue weighted by atomic mass is 35.7. The Morgan fingerprint density at radius 2 is 2.11 bits per heavy atom. The van der Waals surface area contributed by atoms with Crippen molar-refractivity contribution in [2.24, 2.45) is 0 Å². The molecule has 0 saturated carbocycles. The van der Waals surface area contributed by atoms with E-state index in [0.29, 0.717) is 6.54 Å². The smallest absolute Gasteiger partial charge is 0.265 e. The number of unbranched alkanes of at least 4 members (excludes halogenated alkanes) is 1. The molecule has 0 aliphatic rings. The molecule has 0 atom stereocenters. The fraction of sp³-hybridized carbons (Fsp3) is 0.417. The quantitative estimate of drug-likeness (QED) is 0.645. The van der Waals surface area contributed by atoms with Crippen molar-refractivity contribution in [1.29, 1.82) is 0 Å². The molecule has 0 saturated heterocycles. The SMILES string of the molecule is CCCCNC(=O)c1ccc(OC)c(S(=O)(=O)Cl)c1. The van der Waals surface area contributed by atoms with Gasteiger partial charge in [0.2, 0.25) is 0 Å². The Balaban J connectivity index is 3.02. The van der Waals surface area contributed by atoms with Crippen molar-refractivity contribution in [1.82, 2.24) is 5.32 Å². The van der Waals surface area contributed by atoms with Crippen LogP contribution >= 0.6 is 10.7 Å². The van der Waals surface area contributed by atoms with Crippen molar-refractivity contribution in [2.75, 3.05) is 13.7 Å². The van der Waals surface area contributed by atoms with E-state index in [1.165, 1.54) is 25.3 Å². The summed E-state index contributed by atoms with van der Waals surface area (Å²) >= 11 is 0. The van der Waals surface area contributed by atoms with Gasteiger partial charge in [-0.1, -0.05) is 13.3 Å². The van der Waals surface area contributed by atoms with E-state index in [4.69, 9.17) is 15.4 Å². The zero-order valence-electron chi connectivity index (χ0n) is 10.8. The topological polar surface area (TPSA) is 72.5 Å². The van der Waals surface area contributed by atoms with Crippen LogP contribution in [0.2, 0.25) is 0 Å². The lowest BCUT2D eigenvalue weighted by molar-refractivity contribution is 0.0953. The van der Waals surface area contributed by atoms with Crippen molar-refractivity contribution in [3.63, 3.8) is 0 Å². The second-order valence-corrected chi connectivity index (χ2v) is 6.45. The highest BCUT2D eigenvalue weighted by Crippen LogP contribution is 2.27. The van der Waals surface area contributed by atoms with Gasteiger partial charge in [0.25, 0.3) is 15.0 Å². The highest BCUT2D eigenvalue weighted by molar-refractivity contribution is 8.13. The summed E-state index contributed by atoms with van der Waals surface area (Å²) in [7, 11) is 2.68. The molecule has 0 aliphatic heterocycles. The minimum absolute atomic E-state index is 0.111. The van der Waals surface area contributed by atoms with E-state index in [-0.39, 0.29) is 22.1 Å². The predicted octanol–water partition coefficient (Wildman–Crippen LogP) is 2.15. The Bertz CT molecular complexity index is 557. The first-order valence-corrected chi connectivity index (χ1v) is 8.12. The van der Waals surface area contributed by atoms with Crippen molar-refractivity contribution < 1.29 is 17.9 Å². The number of nitrogens with one attached hydrogen (secondary N) is 1. The largest absolute Gasteiger partial charge is 0.495 e. The highest BCUT2D eigenvalue weighted by Gasteiger charge is 2.19. The summed E-state index contributed by atoms with van der Waals surface area (Å²) in [6.07, 6.45) is 1.83. The molecule has 0 radical (unpaired) electrons. The number of ether oxygens (including phenoxy) is 1. The molecular weight excluding hydrogens is 290 g/mol. The van der Waals surface area contributed by atoms with Gasteiger partial charge in [0.05, 0.1) is 7.11 Å². The first-order chi connectivity index (χ1) is 8.90. The van der Waals surface area contributed by atoms with Crippen LogP contribution in [0.1, 0.15) is 30.1 Å². The number of benzene rings is 1. The molecule has 0 fully saturated rings. The fourth-order valence-electron chi connectivity index (χ4n) is 1.49. The lowest BCUT2D eigenvalue weighted by Crippen LogP contribution is -2.24. The second-order valence-electron chi connectivity index (χ2n) is 3.91. The standard InChI is InChI=1S/C12H16ClNO4S/c1-3-4-7-14-12(15)9-5-6-10(18-2)11(8-9)19(13,16)17/h5-6,8H,3-4,7H2,1-2H3,(H,14,15). The summed E-state index contributed by atoms with van der Waals surface area (Å²) in [5.41, 5.74) is 0.233. The third-order valence-corrected chi connectivity index (χ3v) is 3.85. The zero-order valence-corrected chi connectivity index (χ0v) is 12.3. The Kier molecular flexibility index (Phi) is 5.62.